The molecule has 0 radical (unpaired) electrons. The number of pyridine rings is 1. The predicted octanol–water partition coefficient (Wildman–Crippen LogP) is 2.27. The minimum atomic E-state index is -1.05. The molecule has 142 valence electrons. The third-order valence-electron chi connectivity index (χ3n) is 4.49. The first-order chi connectivity index (χ1) is 13.1. The molecule has 7 heteroatoms. The maximum Gasteiger partial charge on any atom is 0.326 e. The first kappa shape index (κ1) is 18.8. The Bertz CT molecular complexity index is 758. The predicted molar refractivity (Wildman–Crippen MR) is 97.4 cm³/mol. The SMILES string of the molecule is O=C(NC(C(=O)O)C1CCCOC1)c1ccc(OCc2ccncc2)cc1. The van der Waals surface area contributed by atoms with Crippen molar-refractivity contribution in [2.75, 3.05) is 13.2 Å². The van der Waals surface area contributed by atoms with Gasteiger partial charge in [0.1, 0.15) is 18.4 Å². The van der Waals surface area contributed by atoms with Gasteiger partial charge in [-0.1, -0.05) is 0 Å². The molecule has 3 rings (SSSR count). The molecule has 2 heterocycles. The maximum absolute atomic E-state index is 12.4. The average molecular weight is 370 g/mol. The summed E-state index contributed by atoms with van der Waals surface area (Å²) >= 11 is 0. The van der Waals surface area contributed by atoms with E-state index in [0.717, 1.165) is 18.4 Å². The van der Waals surface area contributed by atoms with Gasteiger partial charge in [0.25, 0.3) is 5.91 Å². The van der Waals surface area contributed by atoms with E-state index in [9.17, 15) is 14.7 Å². The number of aliphatic carboxylic acids is 1. The van der Waals surface area contributed by atoms with Crippen LogP contribution in [0.4, 0.5) is 0 Å². The highest BCUT2D eigenvalue weighted by atomic mass is 16.5. The topological polar surface area (TPSA) is 97.8 Å². The zero-order chi connectivity index (χ0) is 19.1. The van der Waals surface area contributed by atoms with Crippen LogP contribution in [0.1, 0.15) is 28.8 Å². The number of nitrogens with zero attached hydrogens (tertiary/aromatic N) is 1. The molecule has 0 bridgehead atoms. The lowest BCUT2D eigenvalue weighted by atomic mass is 9.93. The number of amides is 1. The van der Waals surface area contributed by atoms with Crippen LogP contribution in [0.15, 0.2) is 48.8 Å². The fourth-order valence-corrected chi connectivity index (χ4v) is 2.98. The second-order valence-corrected chi connectivity index (χ2v) is 6.44. The van der Waals surface area contributed by atoms with E-state index in [4.69, 9.17) is 9.47 Å². The molecule has 27 heavy (non-hydrogen) atoms. The van der Waals surface area contributed by atoms with Gasteiger partial charge in [0.05, 0.1) is 6.61 Å². The Balaban J connectivity index is 1.58. The molecule has 1 aliphatic rings. The highest BCUT2D eigenvalue weighted by Crippen LogP contribution is 2.19. The summed E-state index contributed by atoms with van der Waals surface area (Å²) < 4.78 is 11.0. The van der Waals surface area contributed by atoms with Crippen LogP contribution in [0.2, 0.25) is 0 Å². The molecule has 2 N–H and O–H groups in total. The highest BCUT2D eigenvalue weighted by Gasteiger charge is 2.31. The van der Waals surface area contributed by atoms with Crippen LogP contribution < -0.4 is 10.1 Å². The van der Waals surface area contributed by atoms with Crippen LogP contribution in [0.5, 0.6) is 5.75 Å². The summed E-state index contributed by atoms with van der Waals surface area (Å²) in [5.74, 6) is -1.06. The molecule has 0 spiro atoms. The normalized spacial score (nSPS) is 17.7. The number of carbonyl (C=O) groups excluding carboxylic acids is 1. The molecule has 2 aromatic rings. The minimum Gasteiger partial charge on any atom is -0.489 e. The molecule has 1 aromatic heterocycles. The van der Waals surface area contributed by atoms with Gasteiger partial charge in [0.2, 0.25) is 0 Å². The summed E-state index contributed by atoms with van der Waals surface area (Å²) in [6.07, 6.45) is 4.91. The second kappa shape index (κ2) is 9.14. The number of carbonyl (C=O) groups is 2. The monoisotopic (exact) mass is 370 g/mol. The molecular formula is C20H22N2O5. The molecular weight excluding hydrogens is 348 g/mol. The van der Waals surface area contributed by atoms with Gasteiger partial charge in [-0.15, -0.1) is 0 Å². The van der Waals surface area contributed by atoms with Crippen LogP contribution in [0.25, 0.3) is 0 Å². The lowest BCUT2D eigenvalue weighted by Gasteiger charge is -2.28. The molecule has 7 nitrogen and oxygen atoms in total. The Morgan fingerprint density at radius 3 is 2.59 bits per heavy atom. The number of carboxylic acids is 1. The van der Waals surface area contributed by atoms with Crippen LogP contribution in [-0.2, 0) is 16.1 Å². The summed E-state index contributed by atoms with van der Waals surface area (Å²) in [6.45, 7) is 1.38. The fraction of sp³-hybridized carbons (Fsp3) is 0.350. The smallest absolute Gasteiger partial charge is 0.326 e. The third-order valence-corrected chi connectivity index (χ3v) is 4.49. The first-order valence-electron chi connectivity index (χ1n) is 8.86. The van der Waals surface area contributed by atoms with E-state index in [0.29, 0.717) is 31.1 Å². The Morgan fingerprint density at radius 2 is 1.96 bits per heavy atom. The maximum atomic E-state index is 12.4. The largest absolute Gasteiger partial charge is 0.489 e. The molecule has 1 amide bonds. The van der Waals surface area contributed by atoms with Gasteiger partial charge < -0.3 is 19.9 Å². The number of carboxylic acid groups (broad SMARTS) is 1. The van der Waals surface area contributed by atoms with E-state index in [2.05, 4.69) is 10.3 Å². The van der Waals surface area contributed by atoms with Gasteiger partial charge in [0.15, 0.2) is 0 Å². The van der Waals surface area contributed by atoms with E-state index < -0.39 is 17.9 Å². The van der Waals surface area contributed by atoms with Crippen molar-refractivity contribution in [3.63, 3.8) is 0 Å². The minimum absolute atomic E-state index is 0.219. The first-order valence-corrected chi connectivity index (χ1v) is 8.86. The molecule has 0 saturated carbocycles. The second-order valence-electron chi connectivity index (χ2n) is 6.44. The van der Waals surface area contributed by atoms with Crippen molar-refractivity contribution in [1.82, 2.24) is 10.3 Å². The van der Waals surface area contributed by atoms with Gasteiger partial charge in [-0.05, 0) is 54.8 Å². The zero-order valence-electron chi connectivity index (χ0n) is 14.8. The van der Waals surface area contributed by atoms with E-state index in [1.165, 1.54) is 0 Å². The molecule has 2 atom stereocenters. The van der Waals surface area contributed by atoms with Crippen molar-refractivity contribution in [3.05, 3.63) is 59.9 Å². The molecule has 1 fully saturated rings. The number of nitrogens with one attached hydrogen (secondary N) is 1. The average Bonchev–Trinajstić information content (AvgIpc) is 2.72. The summed E-state index contributed by atoms with van der Waals surface area (Å²) in [5, 5.41) is 12.1. The van der Waals surface area contributed by atoms with Crippen molar-refractivity contribution < 1.29 is 24.2 Å². The van der Waals surface area contributed by atoms with Gasteiger partial charge in [-0.25, -0.2) is 4.79 Å². The Kier molecular flexibility index (Phi) is 6.38. The van der Waals surface area contributed by atoms with Crippen LogP contribution >= 0.6 is 0 Å². The highest BCUT2D eigenvalue weighted by molar-refractivity contribution is 5.96. The summed E-state index contributed by atoms with van der Waals surface area (Å²) in [7, 11) is 0. The number of ether oxygens (including phenoxy) is 2. The lowest BCUT2D eigenvalue weighted by Crippen LogP contribution is -2.48. The summed E-state index contributed by atoms with van der Waals surface area (Å²) in [4.78, 5) is 27.9. The quantitative estimate of drug-likeness (QED) is 0.776. The Labute approximate surface area is 157 Å². The van der Waals surface area contributed by atoms with E-state index >= 15 is 0 Å². The lowest BCUT2D eigenvalue weighted by molar-refractivity contribution is -0.142. The third kappa shape index (κ3) is 5.27. The van der Waals surface area contributed by atoms with E-state index in [1.807, 2.05) is 12.1 Å². The van der Waals surface area contributed by atoms with Gasteiger partial charge in [0, 0.05) is 30.5 Å². The van der Waals surface area contributed by atoms with Crippen molar-refractivity contribution in [1.29, 1.82) is 0 Å². The van der Waals surface area contributed by atoms with Crippen LogP contribution in [0, 0.1) is 5.92 Å². The van der Waals surface area contributed by atoms with Crippen molar-refractivity contribution in [2.45, 2.75) is 25.5 Å². The number of benzene rings is 1. The molecule has 0 aliphatic carbocycles. The zero-order valence-corrected chi connectivity index (χ0v) is 14.8. The van der Waals surface area contributed by atoms with Crippen molar-refractivity contribution in [3.8, 4) is 5.75 Å². The van der Waals surface area contributed by atoms with Gasteiger partial charge >= 0.3 is 5.97 Å². The standard InChI is InChI=1S/C20H22N2O5/c23-19(22-18(20(24)25)16-2-1-11-26-13-16)15-3-5-17(6-4-15)27-12-14-7-9-21-10-8-14/h3-10,16,18H,1-2,11-13H2,(H,22,23)(H,24,25). The summed E-state index contributed by atoms with van der Waals surface area (Å²) in [6, 6.07) is 9.39. The molecule has 1 aromatic carbocycles. The number of hydrogen-bond donors (Lipinski definition) is 2. The number of rotatable bonds is 7. The van der Waals surface area contributed by atoms with Gasteiger partial charge in [-0.2, -0.15) is 0 Å². The molecule has 1 saturated heterocycles. The van der Waals surface area contributed by atoms with Crippen LogP contribution in [-0.4, -0.2) is 41.2 Å². The van der Waals surface area contributed by atoms with Crippen LogP contribution in [0.3, 0.4) is 0 Å². The van der Waals surface area contributed by atoms with Crippen molar-refractivity contribution >= 4 is 11.9 Å². The summed E-state index contributed by atoms with van der Waals surface area (Å²) in [5.41, 5.74) is 1.38. The number of aromatic nitrogens is 1. The number of hydrogen-bond acceptors (Lipinski definition) is 5. The Morgan fingerprint density at radius 1 is 1.22 bits per heavy atom. The fourth-order valence-electron chi connectivity index (χ4n) is 2.98. The molecule has 1 aliphatic heterocycles. The van der Waals surface area contributed by atoms with Gasteiger partial charge in [-0.3, -0.25) is 9.78 Å². The van der Waals surface area contributed by atoms with Crippen molar-refractivity contribution in [2.24, 2.45) is 5.92 Å². The van der Waals surface area contributed by atoms with E-state index in [1.54, 1.807) is 36.7 Å². The molecule has 2 unspecified atom stereocenters. The van der Waals surface area contributed by atoms with E-state index in [-0.39, 0.29) is 5.92 Å². The Hall–Kier alpha value is -2.93.